The summed E-state index contributed by atoms with van der Waals surface area (Å²) in [6, 6.07) is 2.24. The SMILES string of the molecule is C=C[C@@]1(C)CC(=O)[C@]2(O)[C@@]3(C)[C@@H](O)CCC(C)(C)[C@@H]3[C@H](OC(C)=O)[C@H](OC(=O)c3cc([N+](=O)[O-])cc([N+](=O)[O-])c3)[C@@]2(C)O1. The van der Waals surface area contributed by atoms with E-state index in [2.05, 4.69) is 6.58 Å². The number of rotatable bonds is 6. The number of nitro benzene ring substituents is 2. The summed E-state index contributed by atoms with van der Waals surface area (Å²) in [6.07, 6.45) is -2.84. The molecule has 234 valence electrons. The number of ether oxygens (including phenoxy) is 3. The number of aliphatic hydroxyl groups is 2. The third-order valence-electron chi connectivity index (χ3n) is 9.80. The van der Waals surface area contributed by atoms with Gasteiger partial charge in [0, 0.05) is 36.8 Å². The van der Waals surface area contributed by atoms with E-state index in [0.717, 1.165) is 19.1 Å². The molecule has 3 aliphatic rings. The van der Waals surface area contributed by atoms with E-state index in [4.69, 9.17) is 14.2 Å². The Balaban J connectivity index is 2.00. The van der Waals surface area contributed by atoms with Gasteiger partial charge in [-0.15, -0.1) is 6.58 Å². The van der Waals surface area contributed by atoms with Gasteiger partial charge in [-0.05, 0) is 32.1 Å². The number of nitrogens with zero attached hydrogens (tertiary/aromatic N) is 2. The van der Waals surface area contributed by atoms with Crippen LogP contribution in [0.25, 0.3) is 0 Å². The van der Waals surface area contributed by atoms with E-state index >= 15 is 0 Å². The van der Waals surface area contributed by atoms with Crippen LogP contribution in [0.1, 0.15) is 71.2 Å². The zero-order valence-corrected chi connectivity index (χ0v) is 24.8. The summed E-state index contributed by atoms with van der Waals surface area (Å²) in [5.74, 6) is -3.79. The van der Waals surface area contributed by atoms with E-state index in [0.29, 0.717) is 12.5 Å². The molecule has 1 heterocycles. The lowest BCUT2D eigenvalue weighted by atomic mass is 9.39. The second kappa shape index (κ2) is 10.2. The van der Waals surface area contributed by atoms with E-state index in [1.165, 1.54) is 26.8 Å². The number of carbonyl (C=O) groups is 3. The molecule has 0 radical (unpaired) electrons. The predicted octanol–water partition coefficient (Wildman–Crippen LogP) is 3.20. The topological polar surface area (TPSA) is 206 Å². The number of ketones is 1. The molecule has 8 atom stereocenters. The van der Waals surface area contributed by atoms with E-state index in [1.807, 2.05) is 13.8 Å². The highest BCUT2D eigenvalue weighted by Gasteiger charge is 2.82. The van der Waals surface area contributed by atoms with Crippen molar-refractivity contribution < 1.29 is 48.7 Å². The van der Waals surface area contributed by atoms with Crippen molar-refractivity contribution in [1.29, 1.82) is 0 Å². The Kier molecular flexibility index (Phi) is 7.61. The fourth-order valence-corrected chi connectivity index (χ4v) is 7.86. The van der Waals surface area contributed by atoms with Crippen LogP contribution in [0.3, 0.4) is 0 Å². The maximum Gasteiger partial charge on any atom is 0.339 e. The Morgan fingerprint density at radius 2 is 1.63 bits per heavy atom. The number of benzene rings is 1. The number of aliphatic hydroxyl groups excluding tert-OH is 1. The highest BCUT2D eigenvalue weighted by molar-refractivity contribution is 5.94. The molecule has 2 aliphatic carbocycles. The Hall–Kier alpha value is -3.75. The van der Waals surface area contributed by atoms with Crippen LogP contribution < -0.4 is 0 Å². The second-order valence-corrected chi connectivity index (χ2v) is 13.0. The van der Waals surface area contributed by atoms with Gasteiger partial charge in [-0.2, -0.15) is 0 Å². The van der Waals surface area contributed by atoms with Crippen molar-refractivity contribution >= 4 is 29.1 Å². The van der Waals surface area contributed by atoms with E-state index < -0.39 is 96.4 Å². The number of hydrogen-bond donors (Lipinski definition) is 2. The monoisotopic (exact) mass is 604 g/mol. The lowest BCUT2D eigenvalue weighted by molar-refractivity contribution is -0.394. The van der Waals surface area contributed by atoms with Crippen molar-refractivity contribution in [2.75, 3.05) is 0 Å². The number of non-ortho nitro benzene ring substituents is 2. The standard InChI is InChI=1S/C29H36N2O12/c1-8-26(5)14-20(34)29(36)27(6)19(33)9-10-25(3,4)22(27)21(41-15(2)32)23(28(29,7)43-26)42-24(35)16-11-17(30(37)38)13-18(12-16)31(39)40/h8,11-13,19,21-23,33,36H,1,9-10,14H2,2-7H3/t19-,21-,22-,23-,26-,27-,28+,29-/m0/s1. The van der Waals surface area contributed by atoms with Crippen LogP contribution in [-0.2, 0) is 23.8 Å². The Morgan fingerprint density at radius 3 is 2.12 bits per heavy atom. The maximum atomic E-state index is 14.1. The van der Waals surface area contributed by atoms with Gasteiger partial charge in [-0.25, -0.2) is 4.79 Å². The number of carbonyl (C=O) groups excluding carboxylic acids is 3. The van der Waals surface area contributed by atoms with Gasteiger partial charge in [0.1, 0.15) is 11.7 Å². The minimum atomic E-state index is -2.51. The molecular weight excluding hydrogens is 568 g/mol. The molecule has 2 N–H and O–H groups in total. The first-order valence-corrected chi connectivity index (χ1v) is 13.8. The molecule has 14 nitrogen and oxygen atoms in total. The smallest absolute Gasteiger partial charge is 0.339 e. The lowest BCUT2D eigenvalue weighted by Gasteiger charge is -2.71. The zero-order chi connectivity index (χ0) is 32.5. The summed E-state index contributed by atoms with van der Waals surface area (Å²) in [4.78, 5) is 61.5. The molecule has 3 fully saturated rings. The van der Waals surface area contributed by atoms with E-state index in [-0.39, 0.29) is 12.8 Å². The highest BCUT2D eigenvalue weighted by atomic mass is 16.6. The minimum Gasteiger partial charge on any atom is -0.458 e. The first-order valence-electron chi connectivity index (χ1n) is 13.8. The molecule has 1 aliphatic heterocycles. The van der Waals surface area contributed by atoms with Gasteiger partial charge < -0.3 is 24.4 Å². The summed E-state index contributed by atoms with van der Waals surface area (Å²) in [5.41, 5.74) is -10.7. The molecule has 0 amide bonds. The van der Waals surface area contributed by atoms with Crippen molar-refractivity contribution in [3.8, 4) is 0 Å². The molecule has 0 bridgehead atoms. The van der Waals surface area contributed by atoms with Crippen molar-refractivity contribution in [3.05, 3.63) is 56.6 Å². The minimum absolute atomic E-state index is 0.193. The maximum absolute atomic E-state index is 14.1. The molecule has 0 unspecified atom stereocenters. The molecule has 14 heteroatoms. The summed E-state index contributed by atoms with van der Waals surface area (Å²) in [7, 11) is 0. The van der Waals surface area contributed by atoms with Crippen LogP contribution in [0.2, 0.25) is 0 Å². The second-order valence-electron chi connectivity index (χ2n) is 13.0. The average Bonchev–Trinajstić information content (AvgIpc) is 2.90. The molecular formula is C29H36N2O12. The summed E-state index contributed by atoms with van der Waals surface area (Å²) >= 11 is 0. The Morgan fingerprint density at radius 1 is 1.07 bits per heavy atom. The van der Waals surface area contributed by atoms with Gasteiger partial charge in [0.2, 0.25) is 0 Å². The molecule has 4 rings (SSSR count). The quantitative estimate of drug-likeness (QED) is 0.208. The third-order valence-corrected chi connectivity index (χ3v) is 9.80. The number of fused-ring (bicyclic) bond motifs is 3. The van der Waals surface area contributed by atoms with Crippen molar-refractivity contribution in [2.45, 2.75) is 95.9 Å². The van der Waals surface area contributed by atoms with E-state index in [9.17, 15) is 44.8 Å². The fraction of sp³-hybridized carbons (Fsp3) is 0.621. The van der Waals surface area contributed by atoms with Crippen molar-refractivity contribution in [1.82, 2.24) is 0 Å². The number of nitro groups is 2. The average molecular weight is 605 g/mol. The van der Waals surface area contributed by atoms with Gasteiger partial charge >= 0.3 is 11.9 Å². The normalized spacial score (nSPS) is 38.2. The third kappa shape index (κ3) is 4.62. The number of hydrogen-bond acceptors (Lipinski definition) is 12. The van der Waals surface area contributed by atoms with Gasteiger partial charge in [0.25, 0.3) is 11.4 Å². The molecule has 43 heavy (non-hydrogen) atoms. The largest absolute Gasteiger partial charge is 0.458 e. The summed E-state index contributed by atoms with van der Waals surface area (Å²) < 4.78 is 18.1. The fourth-order valence-electron chi connectivity index (χ4n) is 7.86. The number of esters is 2. The van der Waals surface area contributed by atoms with Crippen LogP contribution >= 0.6 is 0 Å². The van der Waals surface area contributed by atoms with Gasteiger partial charge in [0.15, 0.2) is 17.5 Å². The Labute approximate surface area is 247 Å². The molecule has 1 aromatic carbocycles. The van der Waals surface area contributed by atoms with Gasteiger partial charge in [-0.1, -0.05) is 26.8 Å². The lowest BCUT2D eigenvalue weighted by Crippen LogP contribution is -2.87. The van der Waals surface area contributed by atoms with Gasteiger partial charge in [-0.3, -0.25) is 29.8 Å². The molecule has 0 spiro atoms. The first-order chi connectivity index (χ1) is 19.7. The van der Waals surface area contributed by atoms with Crippen LogP contribution in [0.5, 0.6) is 0 Å². The van der Waals surface area contributed by atoms with Crippen LogP contribution in [0.4, 0.5) is 11.4 Å². The summed E-state index contributed by atoms with van der Waals surface area (Å²) in [5, 5.41) is 47.1. The van der Waals surface area contributed by atoms with Gasteiger partial charge in [0.05, 0.1) is 33.2 Å². The molecule has 1 saturated heterocycles. The van der Waals surface area contributed by atoms with Crippen LogP contribution in [0, 0.1) is 37.0 Å². The van der Waals surface area contributed by atoms with Crippen LogP contribution in [-0.4, -0.2) is 72.9 Å². The van der Waals surface area contributed by atoms with Crippen molar-refractivity contribution in [2.24, 2.45) is 16.7 Å². The zero-order valence-electron chi connectivity index (χ0n) is 24.8. The first kappa shape index (κ1) is 32.2. The van der Waals surface area contributed by atoms with E-state index in [1.54, 1.807) is 0 Å². The van der Waals surface area contributed by atoms with Crippen LogP contribution in [0.15, 0.2) is 30.9 Å². The molecule has 0 aromatic heterocycles. The number of Topliss-reactive ketones (excluding diaryl/α,β-unsaturated/α-hetero) is 1. The molecule has 2 saturated carbocycles. The highest BCUT2D eigenvalue weighted by Crippen LogP contribution is 2.67. The Bertz CT molecular complexity index is 1390. The predicted molar refractivity (Wildman–Crippen MR) is 148 cm³/mol. The van der Waals surface area contributed by atoms with Crippen molar-refractivity contribution in [3.63, 3.8) is 0 Å². The molecule has 1 aromatic rings. The summed E-state index contributed by atoms with van der Waals surface area (Å²) in [6.45, 7) is 12.9.